The Balaban J connectivity index is 2.36. The van der Waals surface area contributed by atoms with Gasteiger partial charge in [-0.2, -0.15) is 13.2 Å². The van der Waals surface area contributed by atoms with Crippen LogP contribution in [0.5, 0.6) is 0 Å². The highest BCUT2D eigenvalue weighted by Crippen LogP contribution is 2.30. The molecule has 0 bridgehead atoms. The van der Waals surface area contributed by atoms with E-state index in [9.17, 15) is 21.6 Å². The number of benzene rings is 2. The molecule has 2 aromatic rings. The maximum atomic E-state index is 12.5. The molecule has 0 atom stereocenters. The predicted molar refractivity (Wildman–Crippen MR) is 82.9 cm³/mol. The Labute approximate surface area is 133 Å². The molecule has 0 radical (unpaired) electrons. The largest absolute Gasteiger partial charge is 0.416 e. The molecule has 0 aromatic heterocycles. The van der Waals surface area contributed by atoms with Gasteiger partial charge in [0.1, 0.15) is 0 Å². The molecule has 0 aliphatic carbocycles. The van der Waals surface area contributed by atoms with E-state index in [0.717, 1.165) is 29.8 Å². The fourth-order valence-electron chi connectivity index (χ4n) is 2.52. The van der Waals surface area contributed by atoms with Gasteiger partial charge in [-0.1, -0.05) is 17.7 Å². The molecule has 0 spiro atoms. The summed E-state index contributed by atoms with van der Waals surface area (Å²) in [7, 11) is -3.87. The van der Waals surface area contributed by atoms with Crippen LogP contribution in [0.15, 0.2) is 41.3 Å². The Hall–Kier alpha value is -2.02. The lowest BCUT2D eigenvalue weighted by molar-refractivity contribution is -0.137. The Morgan fingerprint density at radius 1 is 0.913 bits per heavy atom. The van der Waals surface area contributed by atoms with Gasteiger partial charge in [-0.25, -0.2) is 8.42 Å². The third-order valence-corrected chi connectivity index (χ3v) is 5.02. The third kappa shape index (κ3) is 3.85. The SMILES string of the molecule is Cc1cc(C)c(S(=O)(=O)Nc2ccc(C(F)(F)F)cc2)c(C)c1. The normalized spacial score (nSPS) is 12.3. The summed E-state index contributed by atoms with van der Waals surface area (Å²) < 4.78 is 64.9. The number of alkyl halides is 3. The second kappa shape index (κ2) is 5.88. The Morgan fingerprint density at radius 2 is 1.39 bits per heavy atom. The highest BCUT2D eigenvalue weighted by Gasteiger charge is 2.30. The summed E-state index contributed by atoms with van der Waals surface area (Å²) in [6.45, 7) is 5.22. The fourth-order valence-corrected chi connectivity index (χ4v) is 4.04. The molecule has 7 heteroatoms. The molecule has 0 heterocycles. The van der Waals surface area contributed by atoms with Crippen LogP contribution in [0.25, 0.3) is 0 Å². The Morgan fingerprint density at radius 3 is 1.83 bits per heavy atom. The lowest BCUT2D eigenvalue weighted by Crippen LogP contribution is -2.16. The first-order valence-electron chi connectivity index (χ1n) is 6.78. The van der Waals surface area contributed by atoms with E-state index in [1.807, 2.05) is 6.92 Å². The average molecular weight is 343 g/mol. The van der Waals surface area contributed by atoms with Crippen molar-refractivity contribution in [2.24, 2.45) is 0 Å². The first-order chi connectivity index (χ1) is 10.5. The molecule has 3 nitrogen and oxygen atoms in total. The van der Waals surface area contributed by atoms with Crippen LogP contribution in [-0.2, 0) is 16.2 Å². The number of anilines is 1. The zero-order valence-electron chi connectivity index (χ0n) is 12.8. The maximum Gasteiger partial charge on any atom is 0.416 e. The van der Waals surface area contributed by atoms with Crippen LogP contribution in [0.2, 0.25) is 0 Å². The van der Waals surface area contributed by atoms with Gasteiger partial charge in [-0.05, 0) is 56.2 Å². The molecule has 0 fully saturated rings. The summed E-state index contributed by atoms with van der Waals surface area (Å²) in [5.41, 5.74) is 1.36. The van der Waals surface area contributed by atoms with E-state index in [1.165, 1.54) is 0 Å². The minimum Gasteiger partial charge on any atom is -0.280 e. The van der Waals surface area contributed by atoms with E-state index in [0.29, 0.717) is 11.1 Å². The van der Waals surface area contributed by atoms with Crippen LogP contribution in [0.1, 0.15) is 22.3 Å². The monoisotopic (exact) mass is 343 g/mol. The van der Waals surface area contributed by atoms with Crippen LogP contribution < -0.4 is 4.72 Å². The van der Waals surface area contributed by atoms with E-state index in [2.05, 4.69) is 4.72 Å². The number of aryl methyl sites for hydroxylation is 3. The number of rotatable bonds is 3. The Bertz CT molecular complexity index is 802. The lowest BCUT2D eigenvalue weighted by Gasteiger charge is -2.14. The molecular formula is C16H16F3NO2S. The van der Waals surface area contributed by atoms with Gasteiger partial charge >= 0.3 is 6.18 Å². The van der Waals surface area contributed by atoms with Crippen molar-refractivity contribution in [1.29, 1.82) is 0 Å². The summed E-state index contributed by atoms with van der Waals surface area (Å²) in [5, 5.41) is 0. The molecule has 124 valence electrons. The van der Waals surface area contributed by atoms with Crippen molar-refractivity contribution in [3.05, 3.63) is 58.7 Å². The Kier molecular flexibility index (Phi) is 4.43. The summed E-state index contributed by atoms with van der Waals surface area (Å²) >= 11 is 0. The molecule has 2 aromatic carbocycles. The van der Waals surface area contributed by atoms with Gasteiger partial charge in [0, 0.05) is 5.69 Å². The quantitative estimate of drug-likeness (QED) is 0.896. The molecule has 1 N–H and O–H groups in total. The van der Waals surface area contributed by atoms with Crippen molar-refractivity contribution >= 4 is 15.7 Å². The van der Waals surface area contributed by atoms with Gasteiger partial charge < -0.3 is 0 Å². The zero-order chi connectivity index (χ0) is 17.4. The highest BCUT2D eigenvalue weighted by atomic mass is 32.2. The van der Waals surface area contributed by atoms with Crippen molar-refractivity contribution in [3.8, 4) is 0 Å². The summed E-state index contributed by atoms with van der Waals surface area (Å²) in [6, 6.07) is 7.36. The standard InChI is InChI=1S/C16H16F3NO2S/c1-10-8-11(2)15(12(3)9-10)23(21,22)20-14-6-4-13(5-7-14)16(17,18)19/h4-9,20H,1-3H3. The average Bonchev–Trinajstić information content (AvgIpc) is 2.35. The second-order valence-corrected chi connectivity index (χ2v) is 7.03. The number of sulfonamides is 1. The van der Waals surface area contributed by atoms with Crippen molar-refractivity contribution in [1.82, 2.24) is 0 Å². The molecule has 0 unspecified atom stereocenters. The second-order valence-electron chi connectivity index (χ2n) is 5.41. The van der Waals surface area contributed by atoms with E-state index >= 15 is 0 Å². The van der Waals surface area contributed by atoms with E-state index in [-0.39, 0.29) is 10.6 Å². The molecule has 0 saturated heterocycles. The number of nitrogens with one attached hydrogen (secondary N) is 1. The number of hydrogen-bond donors (Lipinski definition) is 1. The van der Waals surface area contributed by atoms with Crippen LogP contribution in [-0.4, -0.2) is 8.42 Å². The molecule has 0 saturated carbocycles. The topological polar surface area (TPSA) is 46.2 Å². The van der Waals surface area contributed by atoms with Crippen LogP contribution in [0.4, 0.5) is 18.9 Å². The van der Waals surface area contributed by atoms with Crippen molar-refractivity contribution in [2.45, 2.75) is 31.8 Å². The summed E-state index contributed by atoms with van der Waals surface area (Å²) in [6.07, 6.45) is -4.46. The van der Waals surface area contributed by atoms with Gasteiger partial charge in [0.25, 0.3) is 10.0 Å². The smallest absolute Gasteiger partial charge is 0.280 e. The molecule has 0 aliphatic heterocycles. The zero-order valence-corrected chi connectivity index (χ0v) is 13.6. The van der Waals surface area contributed by atoms with Gasteiger partial charge in [0.05, 0.1) is 10.5 Å². The van der Waals surface area contributed by atoms with Crippen molar-refractivity contribution in [3.63, 3.8) is 0 Å². The van der Waals surface area contributed by atoms with E-state index in [4.69, 9.17) is 0 Å². The van der Waals surface area contributed by atoms with Crippen molar-refractivity contribution < 1.29 is 21.6 Å². The summed E-state index contributed by atoms with van der Waals surface area (Å²) in [5.74, 6) is 0. The third-order valence-electron chi connectivity index (χ3n) is 3.34. The van der Waals surface area contributed by atoms with Crippen molar-refractivity contribution in [2.75, 3.05) is 4.72 Å². The minimum atomic E-state index is -4.46. The predicted octanol–water partition coefficient (Wildman–Crippen LogP) is 4.43. The van der Waals surface area contributed by atoms with Crippen LogP contribution in [0, 0.1) is 20.8 Å². The maximum absolute atomic E-state index is 12.5. The molecule has 23 heavy (non-hydrogen) atoms. The highest BCUT2D eigenvalue weighted by molar-refractivity contribution is 7.92. The molecule has 2 rings (SSSR count). The minimum absolute atomic E-state index is 0.0809. The molecule has 0 aliphatic rings. The van der Waals surface area contributed by atoms with Crippen LogP contribution in [0.3, 0.4) is 0 Å². The molecule has 0 amide bonds. The van der Waals surface area contributed by atoms with Crippen LogP contribution >= 0.6 is 0 Å². The summed E-state index contributed by atoms with van der Waals surface area (Å²) in [4.78, 5) is 0.142. The van der Waals surface area contributed by atoms with Gasteiger partial charge in [-0.3, -0.25) is 4.72 Å². The van der Waals surface area contributed by atoms with E-state index in [1.54, 1.807) is 26.0 Å². The number of halogens is 3. The fraction of sp³-hybridized carbons (Fsp3) is 0.250. The molecular weight excluding hydrogens is 327 g/mol. The first-order valence-corrected chi connectivity index (χ1v) is 8.27. The van der Waals surface area contributed by atoms with Gasteiger partial charge in [0.2, 0.25) is 0 Å². The number of hydrogen-bond acceptors (Lipinski definition) is 2. The lowest BCUT2D eigenvalue weighted by atomic mass is 10.1. The van der Waals surface area contributed by atoms with E-state index < -0.39 is 21.8 Å². The van der Waals surface area contributed by atoms with Gasteiger partial charge in [-0.15, -0.1) is 0 Å². The first kappa shape index (κ1) is 17.3. The van der Waals surface area contributed by atoms with Gasteiger partial charge in [0.15, 0.2) is 0 Å².